The van der Waals surface area contributed by atoms with Crippen LogP contribution in [0.4, 0.5) is 14.5 Å². The van der Waals surface area contributed by atoms with Crippen molar-refractivity contribution in [2.45, 2.75) is 13.3 Å². The Labute approximate surface area is 128 Å². The van der Waals surface area contributed by atoms with E-state index in [9.17, 15) is 13.6 Å². The summed E-state index contributed by atoms with van der Waals surface area (Å²) in [6.45, 7) is 2.51. The molecule has 0 atom stereocenters. The summed E-state index contributed by atoms with van der Waals surface area (Å²) in [5.74, 6) is 5.17. The maximum atomic E-state index is 12.5. The Kier molecular flexibility index (Phi) is 5.26. The summed E-state index contributed by atoms with van der Waals surface area (Å²) in [6.07, 6.45) is 0.609. The van der Waals surface area contributed by atoms with E-state index in [0.717, 1.165) is 17.8 Å². The monoisotopic (exact) mass is 299 g/mol. The van der Waals surface area contributed by atoms with Crippen LogP contribution in [-0.4, -0.2) is 12.5 Å². The number of β-lactam (4-membered cyclic amide) rings is 1. The van der Waals surface area contributed by atoms with Crippen LogP contribution in [0.2, 0.25) is 0 Å². The first kappa shape index (κ1) is 15.7. The van der Waals surface area contributed by atoms with Gasteiger partial charge in [0.05, 0.1) is 0 Å². The number of rotatable bonds is 1. The van der Waals surface area contributed by atoms with Crippen molar-refractivity contribution in [1.82, 2.24) is 0 Å². The first-order chi connectivity index (χ1) is 10.6. The van der Waals surface area contributed by atoms with Gasteiger partial charge in [-0.1, -0.05) is 5.92 Å². The van der Waals surface area contributed by atoms with Gasteiger partial charge in [-0.05, 0) is 55.5 Å². The lowest BCUT2D eigenvalue weighted by Gasteiger charge is -2.30. The zero-order chi connectivity index (χ0) is 15.9. The third-order valence-electron chi connectivity index (χ3n) is 3.10. The van der Waals surface area contributed by atoms with Gasteiger partial charge in [0.25, 0.3) is 0 Å². The molecule has 1 heterocycles. The molecule has 3 rings (SSSR count). The van der Waals surface area contributed by atoms with Gasteiger partial charge >= 0.3 is 0 Å². The molecule has 0 radical (unpaired) electrons. The zero-order valence-corrected chi connectivity index (χ0v) is 12.1. The molecule has 0 N–H and O–H groups in total. The summed E-state index contributed by atoms with van der Waals surface area (Å²) < 4.78 is 24.7. The van der Waals surface area contributed by atoms with E-state index in [1.54, 1.807) is 36.1 Å². The van der Waals surface area contributed by atoms with Gasteiger partial charge < -0.3 is 4.90 Å². The number of carbonyl (C=O) groups is 1. The number of hydrogen-bond donors (Lipinski definition) is 0. The first-order valence-corrected chi connectivity index (χ1v) is 6.84. The minimum atomic E-state index is -0.272. The maximum Gasteiger partial charge on any atom is 0.228 e. The average Bonchev–Trinajstić information content (AvgIpc) is 2.51. The van der Waals surface area contributed by atoms with Crippen LogP contribution in [0.25, 0.3) is 0 Å². The van der Waals surface area contributed by atoms with Crippen LogP contribution in [0.1, 0.15) is 18.9 Å². The molecular weight excluding hydrogens is 284 g/mol. The van der Waals surface area contributed by atoms with Gasteiger partial charge in [0.2, 0.25) is 5.91 Å². The van der Waals surface area contributed by atoms with Crippen LogP contribution >= 0.6 is 0 Å². The Bertz CT molecular complexity index is 697. The Hall–Kier alpha value is -2.67. The van der Waals surface area contributed by atoms with Crippen molar-refractivity contribution in [2.75, 3.05) is 11.4 Å². The lowest BCUT2D eigenvalue weighted by Crippen LogP contribution is -2.43. The normalized spacial score (nSPS) is 12.5. The molecule has 4 heteroatoms. The van der Waals surface area contributed by atoms with Gasteiger partial charge in [0.15, 0.2) is 0 Å². The molecule has 2 nitrogen and oxygen atoms in total. The highest BCUT2D eigenvalue weighted by atomic mass is 19.1. The third kappa shape index (κ3) is 4.16. The average molecular weight is 299 g/mol. The number of carbonyl (C=O) groups excluding carboxylic acids is 1. The molecule has 0 spiro atoms. The molecule has 0 bridgehead atoms. The van der Waals surface area contributed by atoms with E-state index >= 15 is 0 Å². The highest BCUT2D eigenvalue weighted by Crippen LogP contribution is 2.21. The molecule has 0 saturated carbocycles. The lowest BCUT2D eigenvalue weighted by molar-refractivity contribution is -0.122. The quantitative estimate of drug-likeness (QED) is 0.580. The van der Waals surface area contributed by atoms with Crippen LogP contribution < -0.4 is 4.90 Å². The second-order valence-corrected chi connectivity index (χ2v) is 4.65. The summed E-state index contributed by atoms with van der Waals surface area (Å²) in [7, 11) is 0. The highest BCUT2D eigenvalue weighted by molar-refractivity contribution is 5.99. The van der Waals surface area contributed by atoms with Crippen molar-refractivity contribution in [3.63, 3.8) is 0 Å². The van der Waals surface area contributed by atoms with E-state index in [-0.39, 0.29) is 17.5 Å². The van der Waals surface area contributed by atoms with E-state index in [2.05, 4.69) is 11.8 Å². The molecule has 0 unspecified atom stereocenters. The van der Waals surface area contributed by atoms with Gasteiger partial charge in [-0.15, -0.1) is 5.92 Å². The summed E-state index contributed by atoms with van der Waals surface area (Å²) in [5, 5.41) is 0. The molecule has 1 amide bonds. The molecule has 2 aromatic rings. The number of hydrogen-bond acceptors (Lipinski definition) is 1. The molecule has 1 aliphatic rings. The molecule has 112 valence electrons. The fourth-order valence-corrected chi connectivity index (χ4v) is 1.89. The van der Waals surface area contributed by atoms with Crippen molar-refractivity contribution in [3.05, 3.63) is 65.7 Å². The Morgan fingerprint density at radius 1 is 0.955 bits per heavy atom. The molecule has 0 aromatic heterocycles. The van der Waals surface area contributed by atoms with Crippen LogP contribution in [0, 0.1) is 23.5 Å². The largest absolute Gasteiger partial charge is 0.312 e. The second kappa shape index (κ2) is 7.37. The van der Waals surface area contributed by atoms with Crippen molar-refractivity contribution in [1.29, 1.82) is 0 Å². The third-order valence-corrected chi connectivity index (χ3v) is 3.10. The summed E-state index contributed by atoms with van der Waals surface area (Å²) >= 11 is 0. The van der Waals surface area contributed by atoms with Crippen LogP contribution in [0.5, 0.6) is 0 Å². The minimum absolute atomic E-state index is 0.113. The highest BCUT2D eigenvalue weighted by Gasteiger charge is 2.24. The lowest BCUT2D eigenvalue weighted by atomic mass is 10.1. The molecule has 1 aliphatic heterocycles. The summed E-state index contributed by atoms with van der Waals surface area (Å²) in [5.41, 5.74) is 1.64. The van der Waals surface area contributed by atoms with E-state index < -0.39 is 0 Å². The first-order valence-electron chi connectivity index (χ1n) is 6.84. The van der Waals surface area contributed by atoms with Crippen LogP contribution in [0.3, 0.4) is 0 Å². The summed E-state index contributed by atoms with van der Waals surface area (Å²) in [6, 6.07) is 12.1. The van der Waals surface area contributed by atoms with Gasteiger partial charge in [0, 0.05) is 24.2 Å². The fraction of sp³-hybridized carbons (Fsp3) is 0.167. The minimum Gasteiger partial charge on any atom is -0.312 e. The Morgan fingerprint density at radius 2 is 1.50 bits per heavy atom. The van der Waals surface area contributed by atoms with Crippen molar-refractivity contribution in [3.8, 4) is 11.8 Å². The van der Waals surface area contributed by atoms with Crippen molar-refractivity contribution in [2.24, 2.45) is 0 Å². The predicted octanol–water partition coefficient (Wildman–Crippen LogP) is 3.76. The number of anilines is 1. The standard InChI is InChI=1S/C9H8FNO.C9H7F/c10-7-1-3-8(4-2-7)11-6-5-9(11)12;1-2-3-8-4-6-9(10)7-5-8/h1-4H,5-6H2;4-7H,1H3. The molecule has 1 saturated heterocycles. The molecule has 2 aromatic carbocycles. The summed E-state index contributed by atoms with van der Waals surface area (Å²) in [4.78, 5) is 12.6. The van der Waals surface area contributed by atoms with E-state index in [4.69, 9.17) is 0 Å². The van der Waals surface area contributed by atoms with Crippen molar-refractivity contribution < 1.29 is 13.6 Å². The van der Waals surface area contributed by atoms with E-state index in [1.807, 2.05) is 0 Å². The van der Waals surface area contributed by atoms with Gasteiger partial charge in [0.1, 0.15) is 11.6 Å². The van der Waals surface area contributed by atoms with Gasteiger partial charge in [-0.25, -0.2) is 8.78 Å². The molecule has 22 heavy (non-hydrogen) atoms. The smallest absolute Gasteiger partial charge is 0.228 e. The SMILES string of the molecule is CC#Cc1ccc(F)cc1.O=C1CCN1c1ccc(F)cc1. The zero-order valence-electron chi connectivity index (χ0n) is 12.1. The van der Waals surface area contributed by atoms with Crippen molar-refractivity contribution >= 4 is 11.6 Å². The van der Waals surface area contributed by atoms with E-state index in [1.165, 1.54) is 24.3 Å². The maximum absolute atomic E-state index is 12.5. The Balaban J connectivity index is 0.000000164. The van der Waals surface area contributed by atoms with Crippen LogP contribution in [-0.2, 0) is 4.79 Å². The number of amides is 1. The predicted molar refractivity (Wildman–Crippen MR) is 82.3 cm³/mol. The molecule has 1 fully saturated rings. The van der Waals surface area contributed by atoms with Gasteiger partial charge in [-0.2, -0.15) is 0 Å². The fourth-order valence-electron chi connectivity index (χ4n) is 1.89. The Morgan fingerprint density at radius 3 is 1.91 bits per heavy atom. The van der Waals surface area contributed by atoms with Crippen LogP contribution in [0.15, 0.2) is 48.5 Å². The molecule has 0 aliphatic carbocycles. The van der Waals surface area contributed by atoms with E-state index in [0.29, 0.717) is 6.42 Å². The topological polar surface area (TPSA) is 20.3 Å². The second-order valence-electron chi connectivity index (χ2n) is 4.65. The number of benzene rings is 2. The van der Waals surface area contributed by atoms with Gasteiger partial charge in [-0.3, -0.25) is 4.79 Å². The molecular formula is C18H15F2NO. The number of halogens is 2. The number of nitrogens with zero attached hydrogens (tertiary/aromatic N) is 1.